The monoisotopic (exact) mass is 794 g/mol. The molecule has 1 amide bonds. The highest BCUT2D eigenvalue weighted by Gasteiger charge is 2.50. The third kappa shape index (κ3) is 8.95. The summed E-state index contributed by atoms with van der Waals surface area (Å²) >= 11 is 0. The van der Waals surface area contributed by atoms with Crippen molar-refractivity contribution in [1.82, 2.24) is 0 Å². The zero-order valence-electron chi connectivity index (χ0n) is 33.9. The van der Waals surface area contributed by atoms with Crippen molar-refractivity contribution in [2.45, 2.75) is 92.5 Å². The number of benzene rings is 2. The minimum atomic E-state index is -2.06. The Bertz CT molecular complexity index is 2020. The first-order valence-corrected chi connectivity index (χ1v) is 18.7. The molecule has 0 spiro atoms. The molecular formula is C42H54N2O13. The number of phenols is 3. The van der Waals surface area contributed by atoms with Crippen molar-refractivity contribution >= 4 is 40.3 Å². The van der Waals surface area contributed by atoms with Gasteiger partial charge in [0, 0.05) is 61.2 Å². The number of allylic oxidation sites excluding steroid dienone is 3. The summed E-state index contributed by atoms with van der Waals surface area (Å²) in [6.07, 6.45) is 7.87. The zero-order valence-corrected chi connectivity index (χ0v) is 33.9. The summed E-state index contributed by atoms with van der Waals surface area (Å²) in [5.41, 5.74) is -0.647. The molecule has 15 nitrogen and oxygen atoms in total. The molecule has 57 heavy (non-hydrogen) atoms. The van der Waals surface area contributed by atoms with E-state index >= 15 is 0 Å². The van der Waals surface area contributed by atoms with E-state index in [1.54, 1.807) is 58.9 Å². The minimum absolute atomic E-state index is 0.0302. The first kappa shape index (κ1) is 44.3. The lowest BCUT2D eigenvalue weighted by molar-refractivity contribution is -0.160. The summed E-state index contributed by atoms with van der Waals surface area (Å²) in [5, 5.41) is 63.7. The summed E-state index contributed by atoms with van der Waals surface area (Å²) in [5.74, 6) is -8.67. The Morgan fingerprint density at radius 3 is 2.30 bits per heavy atom. The summed E-state index contributed by atoms with van der Waals surface area (Å²) < 4.78 is 23.4. The molecule has 0 fully saturated rings. The van der Waals surface area contributed by atoms with E-state index in [-0.39, 0.29) is 51.1 Å². The molecular weight excluding hydrogens is 740 g/mol. The molecule has 0 saturated carbocycles. The van der Waals surface area contributed by atoms with Gasteiger partial charge >= 0.3 is 11.8 Å². The summed E-state index contributed by atoms with van der Waals surface area (Å²) in [6, 6.07) is 0. The van der Waals surface area contributed by atoms with E-state index in [1.165, 1.54) is 53.2 Å². The molecule has 6 N–H and O–H groups in total. The number of amides is 1. The predicted octanol–water partition coefficient (Wildman–Crippen LogP) is 5.68. The fourth-order valence-corrected chi connectivity index (χ4v) is 7.14. The molecule has 1 unspecified atom stereocenters. The van der Waals surface area contributed by atoms with Gasteiger partial charge in [-0.15, -0.1) is 0 Å². The van der Waals surface area contributed by atoms with E-state index in [2.05, 4.69) is 10.5 Å². The van der Waals surface area contributed by atoms with Crippen molar-refractivity contribution in [3.05, 3.63) is 65.0 Å². The lowest BCUT2D eigenvalue weighted by Gasteiger charge is -2.38. The number of oxime groups is 1. The Morgan fingerprint density at radius 1 is 0.982 bits per heavy atom. The van der Waals surface area contributed by atoms with Crippen LogP contribution in [0.15, 0.2) is 53.4 Å². The fraction of sp³-hybridized carbons (Fsp3) is 0.476. The molecule has 0 aromatic heterocycles. The average Bonchev–Trinajstić information content (AvgIpc) is 3.43. The largest absolute Gasteiger partial charge is 0.507 e. The number of rotatable bonds is 6. The topological polar surface area (TPSA) is 223 Å². The lowest BCUT2D eigenvalue weighted by Crippen LogP contribution is -2.46. The number of hydrogen-bond donors (Lipinski definition) is 6. The van der Waals surface area contributed by atoms with Crippen molar-refractivity contribution < 1.29 is 63.7 Å². The Hall–Kier alpha value is -5.38. The second-order valence-corrected chi connectivity index (χ2v) is 14.7. The van der Waals surface area contributed by atoms with Gasteiger partial charge in [0.2, 0.25) is 0 Å². The highest BCUT2D eigenvalue weighted by molar-refractivity contribution is 6.23. The number of aliphatic hydroxyl groups excluding tert-OH is 2. The number of anilines is 1. The number of aliphatic hydroxyl groups is 2. The maximum Gasteiger partial charge on any atom is 0.312 e. The van der Waals surface area contributed by atoms with Crippen LogP contribution in [0, 0.1) is 30.6 Å². The number of esters is 1. The number of carbonyl (C=O) groups is 3. The van der Waals surface area contributed by atoms with Gasteiger partial charge in [0.15, 0.2) is 5.75 Å². The van der Waals surface area contributed by atoms with Gasteiger partial charge < -0.3 is 54.6 Å². The summed E-state index contributed by atoms with van der Waals surface area (Å²) in [6.45, 7) is 14.2. The number of hydrogen-bond acceptors (Lipinski definition) is 14. The molecule has 2 aromatic carbocycles. The number of ether oxygens (including phenoxy) is 4. The van der Waals surface area contributed by atoms with Crippen LogP contribution in [0.3, 0.4) is 0 Å². The van der Waals surface area contributed by atoms with Gasteiger partial charge in [0.1, 0.15) is 30.0 Å². The van der Waals surface area contributed by atoms with Gasteiger partial charge in [-0.25, -0.2) is 0 Å². The highest BCUT2D eigenvalue weighted by atomic mass is 16.7. The Labute approximate surface area is 331 Å². The third-order valence-corrected chi connectivity index (χ3v) is 10.7. The van der Waals surface area contributed by atoms with Gasteiger partial charge in [-0.05, 0) is 32.9 Å². The van der Waals surface area contributed by atoms with Crippen LogP contribution in [-0.4, -0.2) is 93.3 Å². The number of carbonyl (C=O) groups excluding carboxylic acids is 3. The molecule has 0 aliphatic carbocycles. The van der Waals surface area contributed by atoms with Crippen molar-refractivity contribution in [1.29, 1.82) is 0 Å². The molecule has 3 aliphatic rings. The van der Waals surface area contributed by atoms with Crippen molar-refractivity contribution in [3.63, 3.8) is 0 Å². The van der Waals surface area contributed by atoms with Crippen LogP contribution >= 0.6 is 0 Å². The van der Waals surface area contributed by atoms with E-state index in [4.69, 9.17) is 23.8 Å². The van der Waals surface area contributed by atoms with Crippen LogP contribution in [0.2, 0.25) is 0 Å². The molecule has 5 rings (SSSR count). The molecule has 3 aliphatic heterocycles. The summed E-state index contributed by atoms with van der Waals surface area (Å²) in [7, 11) is 1.42. The number of fused-ring (bicyclic) bond motifs is 14. The Balaban J connectivity index is 1.97. The second-order valence-electron chi connectivity index (χ2n) is 14.7. The average molecular weight is 795 g/mol. The zero-order chi connectivity index (χ0) is 42.5. The van der Waals surface area contributed by atoms with E-state index in [9.17, 15) is 39.9 Å². The number of nitrogens with zero attached hydrogens (tertiary/aromatic N) is 1. The minimum Gasteiger partial charge on any atom is -0.507 e. The summed E-state index contributed by atoms with van der Waals surface area (Å²) in [4.78, 5) is 45.4. The van der Waals surface area contributed by atoms with E-state index in [1.807, 2.05) is 0 Å². The van der Waals surface area contributed by atoms with Gasteiger partial charge in [0.25, 0.3) is 11.7 Å². The van der Waals surface area contributed by atoms with Crippen LogP contribution < -0.4 is 10.1 Å². The van der Waals surface area contributed by atoms with Gasteiger partial charge in [0.05, 0.1) is 53.0 Å². The molecule has 2 aromatic rings. The molecule has 310 valence electrons. The van der Waals surface area contributed by atoms with E-state index < -0.39 is 88.8 Å². The maximum atomic E-state index is 14.3. The van der Waals surface area contributed by atoms with Crippen molar-refractivity contribution in [2.75, 3.05) is 19.0 Å². The quantitative estimate of drug-likeness (QED) is 0.0395. The van der Waals surface area contributed by atoms with Gasteiger partial charge in [-0.2, -0.15) is 0 Å². The predicted molar refractivity (Wildman–Crippen MR) is 212 cm³/mol. The van der Waals surface area contributed by atoms with E-state index in [0.717, 1.165) is 6.21 Å². The maximum absolute atomic E-state index is 14.3. The first-order valence-electron chi connectivity index (χ1n) is 18.7. The second kappa shape index (κ2) is 18.3. The first-order chi connectivity index (χ1) is 26.8. The molecule has 0 saturated heterocycles. The molecule has 0 radical (unpaired) electrons. The number of ketones is 1. The van der Waals surface area contributed by atoms with Crippen LogP contribution in [0.25, 0.3) is 10.8 Å². The molecule has 15 heteroatoms. The number of aromatic hydroxyl groups is 3. The van der Waals surface area contributed by atoms with Crippen LogP contribution in [0.1, 0.15) is 76.9 Å². The SMILES string of the molecule is C/C=C/CO/N=C/c1c2c(O)c3c(O)c(C)c4c(c3c1O)C(=O)[C@@](C)(O/C=C/[C@H](OC)[C@@H](C)C(OC(C)=O)[C@H](C)[C@H](O)[C@H](C)[C@@H](O)[C@@H](C)/C=C/C=C(\C)C(=O)N2)O4. The number of Topliss-reactive ketones (excluding diaryl/α,β-unsaturated/α-hetero) is 1. The third-order valence-electron chi connectivity index (χ3n) is 10.7. The van der Waals surface area contributed by atoms with Crippen LogP contribution in [0.4, 0.5) is 5.69 Å². The highest BCUT2D eigenvalue weighted by Crippen LogP contribution is 2.55. The van der Waals surface area contributed by atoms with E-state index in [0.29, 0.717) is 0 Å². The number of nitrogens with one attached hydrogen (secondary N) is 1. The normalized spacial score (nSPS) is 30.8. The molecule has 9 atom stereocenters. The van der Waals surface area contributed by atoms with Crippen LogP contribution in [0.5, 0.6) is 23.0 Å². The number of phenolic OH excluding ortho intramolecular Hbond substituents is 3. The van der Waals surface area contributed by atoms with Crippen LogP contribution in [-0.2, 0) is 28.6 Å². The van der Waals surface area contributed by atoms with Gasteiger partial charge in [-0.1, -0.05) is 57.2 Å². The fourth-order valence-electron chi connectivity index (χ4n) is 7.14. The van der Waals surface area contributed by atoms with Crippen molar-refractivity contribution in [3.8, 4) is 23.0 Å². The molecule has 5 bridgehead atoms. The van der Waals surface area contributed by atoms with Gasteiger partial charge in [-0.3, -0.25) is 14.4 Å². The Kier molecular flexibility index (Phi) is 14.2. The Morgan fingerprint density at radius 2 is 1.67 bits per heavy atom. The van der Waals surface area contributed by atoms with Crippen molar-refractivity contribution in [2.24, 2.45) is 28.8 Å². The molecule has 3 heterocycles. The smallest absolute Gasteiger partial charge is 0.312 e. The standard InChI is InChI=1S/C42H54N2O13/c1-11-12-17-55-43-19-27-32-37(50)30-29(36(27)49)31-39(25(7)35(30)48)57-42(9,40(31)51)54-18-16-28(53-10)22(4)38(56-26(8)45)24(6)34(47)23(5)33(46)20(2)14-13-15-21(3)41(52)44-32/h11-16,18-20,22-24,28,33-34,38,46-50H,17H2,1-10H3,(H,44,52)/b12-11+,14-13+,18-16+,21-15+,43-19+/t20-,22+,23+,24+,28-,33-,34+,38?,42-/m0/s1. The lowest BCUT2D eigenvalue weighted by atomic mass is 9.78. The number of methoxy groups -OCH3 is 1.